The minimum absolute atomic E-state index is 0. The number of hydrogen-bond acceptors (Lipinski definition) is 3. The lowest BCUT2D eigenvalue weighted by molar-refractivity contribution is -0.412. The summed E-state index contributed by atoms with van der Waals surface area (Å²) in [4.78, 5) is 0. The van der Waals surface area contributed by atoms with E-state index in [0.29, 0.717) is 0 Å². The molecule has 0 bridgehead atoms. The lowest BCUT2D eigenvalue weighted by Crippen LogP contribution is -2.71. The van der Waals surface area contributed by atoms with Gasteiger partial charge in [0, 0.05) is 0 Å². The first-order chi connectivity index (χ1) is 14.7. The van der Waals surface area contributed by atoms with Gasteiger partial charge >= 0.3 is 39.7 Å². The average Bonchev–Trinajstić information content (AvgIpc) is 2.68. The Morgan fingerprint density at radius 3 is 1.14 bits per heavy atom. The van der Waals surface area contributed by atoms with Crippen LogP contribution in [0.4, 0.5) is 79.0 Å². The Morgan fingerprint density at radius 2 is 0.829 bits per heavy atom. The van der Waals surface area contributed by atoms with Crippen LogP contribution in [0.3, 0.4) is 0 Å². The molecule has 0 aromatic carbocycles. The summed E-state index contributed by atoms with van der Waals surface area (Å²) >= 11 is 0. The van der Waals surface area contributed by atoms with E-state index in [9.17, 15) is 87.4 Å². The number of rotatable bonds is 12. The molecule has 0 spiro atoms. The van der Waals surface area contributed by atoms with Crippen molar-refractivity contribution in [2.75, 3.05) is 0 Å². The van der Waals surface area contributed by atoms with Crippen molar-refractivity contribution in [3.05, 3.63) is 0 Å². The molecule has 6 unspecified atom stereocenters. The van der Waals surface area contributed by atoms with Crippen LogP contribution in [0.25, 0.3) is 0 Å². The maximum absolute atomic E-state index is 13.5. The highest BCUT2D eigenvalue weighted by Crippen LogP contribution is 2.59. The quantitative estimate of drug-likeness (QED) is 0.233. The summed E-state index contributed by atoms with van der Waals surface area (Å²) in [5, 5.41) is 0. The Bertz CT molecular complexity index is 807. The standard InChI is InChI=1S/C12H8F18O3S.H3N/c13-1(2(14)4(16)6(18)19)3(15)5(17)8(21,22)10(25,26)12(29,30)11(27,28)9(23,24)7(20)34(31,32)33;/h1-7H,(H,31,32,33);1H3. The van der Waals surface area contributed by atoms with Crippen molar-refractivity contribution in [3.63, 3.8) is 0 Å². The van der Waals surface area contributed by atoms with E-state index in [-0.39, 0.29) is 6.15 Å². The van der Waals surface area contributed by atoms with E-state index in [2.05, 4.69) is 0 Å². The number of alkyl halides is 18. The molecule has 23 heteroatoms. The fraction of sp³-hybridized carbons (Fsp3) is 1.00. The molecule has 4 nitrogen and oxygen atoms in total. The van der Waals surface area contributed by atoms with Gasteiger partial charge in [0.1, 0.15) is 0 Å². The summed E-state index contributed by atoms with van der Waals surface area (Å²) in [7, 11) is -7.14. The largest absolute Gasteiger partial charge is 0.384 e. The van der Waals surface area contributed by atoms with Crippen LogP contribution in [0.1, 0.15) is 0 Å². The van der Waals surface area contributed by atoms with Gasteiger partial charge in [-0.05, 0) is 0 Å². The molecule has 0 fully saturated rings. The second kappa shape index (κ2) is 10.5. The third-order valence-corrected chi connectivity index (χ3v) is 4.77. The third kappa shape index (κ3) is 5.80. The molecule has 0 saturated carbocycles. The number of halogens is 18. The van der Waals surface area contributed by atoms with Gasteiger partial charge in [0.05, 0.1) is 0 Å². The highest BCUT2D eigenvalue weighted by atomic mass is 32.2. The lowest BCUT2D eigenvalue weighted by atomic mass is 9.89. The zero-order valence-electron chi connectivity index (χ0n) is 15.7. The first kappa shape index (κ1) is 35.8. The van der Waals surface area contributed by atoms with Crippen LogP contribution >= 0.6 is 0 Å². The van der Waals surface area contributed by atoms with Crippen molar-refractivity contribution in [2.24, 2.45) is 0 Å². The summed E-state index contributed by atoms with van der Waals surface area (Å²) in [5.74, 6) is -40.5. The molecule has 0 heterocycles. The monoisotopic (exact) mass is 591 g/mol. The Balaban J connectivity index is 0. The zero-order valence-corrected chi connectivity index (χ0v) is 16.5. The molecule has 0 aliphatic carbocycles. The molecule has 6 atom stereocenters. The summed E-state index contributed by atoms with van der Waals surface area (Å²) in [6.45, 7) is 0. The van der Waals surface area contributed by atoms with Gasteiger partial charge in [0.15, 0.2) is 24.7 Å². The van der Waals surface area contributed by atoms with E-state index in [1.54, 1.807) is 0 Å². The Hall–Kier alpha value is -1.39. The van der Waals surface area contributed by atoms with E-state index in [1.165, 1.54) is 0 Å². The second-order valence-electron chi connectivity index (χ2n) is 6.31. The van der Waals surface area contributed by atoms with Crippen molar-refractivity contribution >= 4 is 10.1 Å². The smallest absolute Gasteiger partial charge is 0.344 e. The van der Waals surface area contributed by atoms with Crippen LogP contribution in [0, 0.1) is 0 Å². The molecule has 0 aromatic heterocycles. The molecule has 0 amide bonds. The summed E-state index contributed by atoms with van der Waals surface area (Å²) in [5.41, 5.74) is -5.89. The molecule has 0 aliphatic rings. The highest BCUT2D eigenvalue weighted by Gasteiger charge is 2.89. The topological polar surface area (TPSA) is 89.4 Å². The molecule has 0 aliphatic heterocycles. The number of hydrogen-bond donors (Lipinski definition) is 2. The molecular formula is C12H11F18NO3S. The van der Waals surface area contributed by atoms with Crippen LogP contribution in [0.5, 0.6) is 0 Å². The highest BCUT2D eigenvalue weighted by molar-refractivity contribution is 7.86. The van der Waals surface area contributed by atoms with Crippen molar-refractivity contribution < 1.29 is 92.0 Å². The van der Waals surface area contributed by atoms with Crippen molar-refractivity contribution in [2.45, 2.75) is 72.4 Å². The first-order valence-electron chi connectivity index (χ1n) is 7.63. The van der Waals surface area contributed by atoms with E-state index >= 15 is 0 Å². The predicted octanol–water partition coefficient (Wildman–Crippen LogP) is 5.46. The van der Waals surface area contributed by atoms with E-state index in [0.717, 1.165) is 0 Å². The fourth-order valence-electron chi connectivity index (χ4n) is 1.97. The van der Waals surface area contributed by atoms with Gasteiger partial charge < -0.3 is 6.15 Å². The SMILES string of the molecule is N.O=S(=O)(O)C(F)C(F)(F)C(F)(F)C(F)(F)C(F)(F)C(F)(F)C(F)C(F)C(F)C(F)C(F)C(F)F. The molecule has 0 radical (unpaired) electrons. The van der Waals surface area contributed by atoms with Crippen LogP contribution < -0.4 is 6.15 Å². The Kier molecular flexibility index (Phi) is 10.8. The first-order valence-corrected chi connectivity index (χ1v) is 9.13. The molecule has 0 rings (SSSR count). The Labute approximate surface area is 181 Å². The van der Waals surface area contributed by atoms with E-state index in [1.807, 2.05) is 0 Å². The van der Waals surface area contributed by atoms with Gasteiger partial charge in [0.25, 0.3) is 11.9 Å². The summed E-state index contributed by atoms with van der Waals surface area (Å²) < 4.78 is 264. The van der Waals surface area contributed by atoms with Crippen LogP contribution in [-0.2, 0) is 10.1 Å². The van der Waals surface area contributed by atoms with Crippen molar-refractivity contribution in [3.8, 4) is 0 Å². The van der Waals surface area contributed by atoms with Crippen LogP contribution in [-0.4, -0.2) is 85.4 Å². The maximum atomic E-state index is 13.5. The van der Waals surface area contributed by atoms with Gasteiger partial charge in [-0.15, -0.1) is 0 Å². The molecule has 35 heavy (non-hydrogen) atoms. The van der Waals surface area contributed by atoms with E-state index in [4.69, 9.17) is 4.55 Å². The van der Waals surface area contributed by atoms with Crippen LogP contribution in [0.2, 0.25) is 0 Å². The summed E-state index contributed by atoms with van der Waals surface area (Å²) in [6.07, 6.45) is -29.8. The lowest BCUT2D eigenvalue weighted by Gasteiger charge is -2.41. The minimum atomic E-state index is -8.46. The summed E-state index contributed by atoms with van der Waals surface area (Å²) in [6, 6.07) is 0. The average molecular weight is 591 g/mol. The zero-order chi connectivity index (χ0) is 28.0. The van der Waals surface area contributed by atoms with Crippen molar-refractivity contribution in [1.82, 2.24) is 6.15 Å². The predicted molar refractivity (Wildman–Crippen MR) is 76.7 cm³/mol. The van der Waals surface area contributed by atoms with Crippen molar-refractivity contribution in [1.29, 1.82) is 0 Å². The molecule has 0 aromatic rings. The Morgan fingerprint density at radius 1 is 0.514 bits per heavy atom. The van der Waals surface area contributed by atoms with Gasteiger partial charge in [0.2, 0.25) is 6.17 Å². The third-order valence-electron chi connectivity index (χ3n) is 3.95. The van der Waals surface area contributed by atoms with Gasteiger partial charge in [-0.2, -0.15) is 52.3 Å². The molecule has 214 valence electrons. The molecule has 4 N–H and O–H groups in total. The van der Waals surface area contributed by atoms with E-state index < -0.39 is 82.5 Å². The van der Waals surface area contributed by atoms with Gasteiger partial charge in [-0.1, -0.05) is 0 Å². The van der Waals surface area contributed by atoms with Crippen LogP contribution in [0.15, 0.2) is 0 Å². The minimum Gasteiger partial charge on any atom is -0.344 e. The normalized spacial score (nSPS) is 20.0. The second-order valence-corrected chi connectivity index (χ2v) is 7.76. The molecular weight excluding hydrogens is 580 g/mol. The van der Waals surface area contributed by atoms with Gasteiger partial charge in [-0.25, -0.2) is 35.1 Å². The fourth-order valence-corrected chi connectivity index (χ4v) is 2.49. The maximum Gasteiger partial charge on any atom is 0.384 e. The van der Waals surface area contributed by atoms with Gasteiger partial charge in [-0.3, -0.25) is 4.55 Å². The molecule has 0 saturated heterocycles.